The molecule has 0 radical (unpaired) electrons. The molecule has 42 heavy (non-hydrogen) atoms. The molecule has 0 rings (SSSR count). The SMILES string of the molecule is CCCC/C=C\CCCCCC(O)C(=O)NC(CO)C(O)CCCCCCCCCCCCCCCCCCCCC. The number of carbonyl (C=O) groups excluding carboxylic acids is 1. The molecule has 0 fully saturated rings. The standard InChI is InChI=1S/C37H73NO4/c1-3-5-7-9-11-13-14-15-16-17-18-19-20-21-22-24-25-27-29-31-35(40)34(33-39)38-37(42)36(41)32-30-28-26-23-12-10-8-6-4-2/h10,12,34-36,39-41H,3-9,11,13-33H2,1-2H3,(H,38,42)/b12-10-. The highest BCUT2D eigenvalue weighted by atomic mass is 16.3. The van der Waals surface area contributed by atoms with Crippen molar-refractivity contribution in [2.24, 2.45) is 0 Å². The van der Waals surface area contributed by atoms with Crippen molar-refractivity contribution in [2.75, 3.05) is 6.61 Å². The Morgan fingerprint density at radius 3 is 1.38 bits per heavy atom. The van der Waals surface area contributed by atoms with Crippen LogP contribution in [-0.4, -0.2) is 46.1 Å². The van der Waals surface area contributed by atoms with Gasteiger partial charge in [-0.05, 0) is 32.1 Å². The van der Waals surface area contributed by atoms with E-state index in [1.54, 1.807) is 0 Å². The number of rotatable bonds is 33. The van der Waals surface area contributed by atoms with Gasteiger partial charge in [0.2, 0.25) is 5.91 Å². The van der Waals surface area contributed by atoms with E-state index in [4.69, 9.17) is 0 Å². The summed E-state index contributed by atoms with van der Waals surface area (Å²) in [6, 6.07) is -0.712. The molecule has 1 amide bonds. The van der Waals surface area contributed by atoms with E-state index in [-0.39, 0.29) is 6.61 Å². The van der Waals surface area contributed by atoms with Gasteiger partial charge in [-0.15, -0.1) is 0 Å². The van der Waals surface area contributed by atoms with Crippen molar-refractivity contribution in [3.05, 3.63) is 12.2 Å². The van der Waals surface area contributed by atoms with Gasteiger partial charge in [0.05, 0.1) is 18.8 Å². The molecule has 0 aliphatic heterocycles. The topological polar surface area (TPSA) is 89.8 Å². The van der Waals surface area contributed by atoms with Crippen LogP contribution in [0.2, 0.25) is 0 Å². The largest absolute Gasteiger partial charge is 0.394 e. The van der Waals surface area contributed by atoms with Crippen molar-refractivity contribution in [1.29, 1.82) is 0 Å². The van der Waals surface area contributed by atoms with Crippen LogP contribution in [-0.2, 0) is 4.79 Å². The highest BCUT2D eigenvalue weighted by molar-refractivity contribution is 5.80. The van der Waals surface area contributed by atoms with Crippen molar-refractivity contribution in [2.45, 2.75) is 212 Å². The molecule has 0 aromatic heterocycles. The van der Waals surface area contributed by atoms with E-state index >= 15 is 0 Å². The second-order valence-corrected chi connectivity index (χ2v) is 12.8. The van der Waals surface area contributed by atoms with E-state index in [0.29, 0.717) is 12.8 Å². The quantitative estimate of drug-likeness (QED) is 0.0449. The Balaban J connectivity index is 3.62. The van der Waals surface area contributed by atoms with E-state index < -0.39 is 24.2 Å². The van der Waals surface area contributed by atoms with Gasteiger partial charge in [-0.2, -0.15) is 0 Å². The Bertz CT molecular complexity index is 582. The number of nitrogens with one attached hydrogen (secondary N) is 1. The highest BCUT2D eigenvalue weighted by Crippen LogP contribution is 2.16. The lowest BCUT2D eigenvalue weighted by molar-refractivity contribution is -0.131. The molecule has 0 saturated carbocycles. The molecule has 5 heteroatoms. The van der Waals surface area contributed by atoms with Gasteiger partial charge in [-0.3, -0.25) is 4.79 Å². The first kappa shape index (κ1) is 41.1. The number of aliphatic hydroxyl groups is 3. The zero-order valence-corrected chi connectivity index (χ0v) is 28.1. The summed E-state index contributed by atoms with van der Waals surface area (Å²) in [5.74, 6) is -0.485. The van der Waals surface area contributed by atoms with E-state index in [9.17, 15) is 20.1 Å². The summed E-state index contributed by atoms with van der Waals surface area (Å²) >= 11 is 0. The second kappa shape index (κ2) is 33.0. The molecule has 0 saturated heterocycles. The number of amides is 1. The molecular formula is C37H73NO4. The molecule has 250 valence electrons. The zero-order chi connectivity index (χ0) is 30.9. The Hall–Kier alpha value is -0.910. The lowest BCUT2D eigenvalue weighted by Crippen LogP contribution is -2.49. The normalized spacial score (nSPS) is 13.9. The average Bonchev–Trinajstić information content (AvgIpc) is 2.99. The van der Waals surface area contributed by atoms with Crippen LogP contribution in [0.15, 0.2) is 12.2 Å². The monoisotopic (exact) mass is 596 g/mol. The van der Waals surface area contributed by atoms with Crippen molar-refractivity contribution >= 4 is 5.91 Å². The van der Waals surface area contributed by atoms with Crippen LogP contribution in [0, 0.1) is 0 Å². The van der Waals surface area contributed by atoms with Crippen molar-refractivity contribution in [1.82, 2.24) is 5.32 Å². The maximum absolute atomic E-state index is 12.3. The fourth-order valence-electron chi connectivity index (χ4n) is 5.64. The first-order valence-corrected chi connectivity index (χ1v) is 18.5. The minimum Gasteiger partial charge on any atom is -0.394 e. The van der Waals surface area contributed by atoms with E-state index in [1.165, 1.54) is 122 Å². The predicted molar refractivity (Wildman–Crippen MR) is 181 cm³/mol. The van der Waals surface area contributed by atoms with Gasteiger partial charge >= 0.3 is 0 Å². The zero-order valence-electron chi connectivity index (χ0n) is 28.1. The summed E-state index contributed by atoms with van der Waals surface area (Å²) in [5.41, 5.74) is 0. The third-order valence-corrected chi connectivity index (χ3v) is 8.63. The van der Waals surface area contributed by atoms with Crippen LogP contribution in [0.3, 0.4) is 0 Å². The van der Waals surface area contributed by atoms with Crippen molar-refractivity contribution in [3.63, 3.8) is 0 Å². The summed E-state index contributed by atoms with van der Waals surface area (Å²) in [7, 11) is 0. The summed E-state index contributed by atoms with van der Waals surface area (Å²) in [4.78, 5) is 12.3. The van der Waals surface area contributed by atoms with Crippen LogP contribution in [0.25, 0.3) is 0 Å². The lowest BCUT2D eigenvalue weighted by Gasteiger charge is -2.23. The van der Waals surface area contributed by atoms with Crippen LogP contribution < -0.4 is 5.32 Å². The molecule has 3 unspecified atom stereocenters. The summed E-state index contributed by atoms with van der Waals surface area (Å²) in [5, 5.41) is 33.0. The van der Waals surface area contributed by atoms with Gasteiger partial charge in [0.15, 0.2) is 0 Å². The van der Waals surface area contributed by atoms with Gasteiger partial charge in [0, 0.05) is 0 Å². The van der Waals surface area contributed by atoms with Gasteiger partial charge in [-0.25, -0.2) is 0 Å². The van der Waals surface area contributed by atoms with E-state index in [1.807, 2.05) is 0 Å². The molecule has 0 aliphatic carbocycles. The highest BCUT2D eigenvalue weighted by Gasteiger charge is 2.23. The van der Waals surface area contributed by atoms with Gasteiger partial charge < -0.3 is 20.6 Å². The fraction of sp³-hybridized carbons (Fsp3) is 0.919. The molecule has 0 heterocycles. The smallest absolute Gasteiger partial charge is 0.249 e. The van der Waals surface area contributed by atoms with Crippen LogP contribution >= 0.6 is 0 Å². The number of unbranched alkanes of at least 4 members (excludes halogenated alkanes) is 23. The molecule has 3 atom stereocenters. The Morgan fingerprint density at radius 2 is 0.929 bits per heavy atom. The van der Waals surface area contributed by atoms with Crippen molar-refractivity contribution < 1.29 is 20.1 Å². The molecule has 0 aliphatic rings. The van der Waals surface area contributed by atoms with Crippen LogP contribution in [0.4, 0.5) is 0 Å². The lowest BCUT2D eigenvalue weighted by atomic mass is 10.0. The number of hydrogen-bond acceptors (Lipinski definition) is 4. The Labute approximate surface area is 261 Å². The van der Waals surface area contributed by atoms with Crippen LogP contribution in [0.1, 0.15) is 194 Å². The number of carbonyl (C=O) groups is 1. The fourth-order valence-corrected chi connectivity index (χ4v) is 5.64. The summed E-state index contributed by atoms with van der Waals surface area (Å²) in [6.45, 7) is 4.16. The Kier molecular flexibility index (Phi) is 32.3. The molecule has 4 N–H and O–H groups in total. The van der Waals surface area contributed by atoms with Crippen molar-refractivity contribution in [3.8, 4) is 0 Å². The second-order valence-electron chi connectivity index (χ2n) is 12.8. The molecular weight excluding hydrogens is 522 g/mol. The molecule has 0 bridgehead atoms. The predicted octanol–water partition coefficient (Wildman–Crippen LogP) is 9.70. The number of allylic oxidation sites excluding steroid dienone is 2. The van der Waals surface area contributed by atoms with Crippen LogP contribution in [0.5, 0.6) is 0 Å². The minimum absolute atomic E-state index is 0.316. The first-order chi connectivity index (χ1) is 20.6. The third kappa shape index (κ3) is 27.9. The third-order valence-electron chi connectivity index (χ3n) is 8.63. The maximum atomic E-state index is 12.3. The molecule has 0 aromatic rings. The van der Waals surface area contributed by atoms with Gasteiger partial charge in [-0.1, -0.05) is 174 Å². The maximum Gasteiger partial charge on any atom is 0.249 e. The van der Waals surface area contributed by atoms with E-state index in [0.717, 1.165) is 44.9 Å². The summed E-state index contributed by atoms with van der Waals surface area (Å²) < 4.78 is 0. The molecule has 0 spiro atoms. The molecule has 5 nitrogen and oxygen atoms in total. The van der Waals surface area contributed by atoms with E-state index in [2.05, 4.69) is 31.3 Å². The minimum atomic E-state index is -1.08. The number of aliphatic hydroxyl groups excluding tert-OH is 3. The summed E-state index contributed by atoms with van der Waals surface area (Å²) in [6.07, 6.45) is 36.4. The molecule has 0 aromatic carbocycles. The number of hydrogen-bond donors (Lipinski definition) is 4. The van der Waals surface area contributed by atoms with Gasteiger partial charge in [0.25, 0.3) is 0 Å². The van der Waals surface area contributed by atoms with Gasteiger partial charge in [0.1, 0.15) is 6.10 Å². The average molecular weight is 596 g/mol. The first-order valence-electron chi connectivity index (χ1n) is 18.5. The Morgan fingerprint density at radius 1 is 0.548 bits per heavy atom.